The maximum absolute atomic E-state index is 12.0. The maximum Gasteiger partial charge on any atom is 0.319 e. The largest absolute Gasteiger partial charge is 0.394 e. The Hall–Kier alpha value is -1.75. The van der Waals surface area contributed by atoms with Gasteiger partial charge in [-0.2, -0.15) is 0 Å². The molecule has 0 bridgehead atoms. The van der Waals surface area contributed by atoms with E-state index in [1.165, 1.54) is 12.8 Å². The van der Waals surface area contributed by atoms with Gasteiger partial charge in [-0.25, -0.2) is 4.79 Å². The van der Waals surface area contributed by atoms with Crippen LogP contribution in [-0.4, -0.2) is 36.4 Å². The fourth-order valence-corrected chi connectivity index (χ4v) is 2.31. The van der Waals surface area contributed by atoms with Gasteiger partial charge in [0.05, 0.1) is 23.5 Å². The van der Waals surface area contributed by atoms with Crippen LogP contribution >= 0.6 is 0 Å². The lowest BCUT2D eigenvalue weighted by molar-refractivity contribution is 0.187. The number of carbonyl (C=O) groups is 1. The zero-order valence-corrected chi connectivity index (χ0v) is 12.1. The Balaban J connectivity index is 2.07. The molecule has 0 unspecified atom stereocenters. The van der Waals surface area contributed by atoms with E-state index in [1.54, 1.807) is 13.8 Å². The zero-order valence-electron chi connectivity index (χ0n) is 12.1. The number of nitrogens with one attached hydrogen (secondary N) is 2. The molecule has 5 heteroatoms. The summed E-state index contributed by atoms with van der Waals surface area (Å²) in [5.74, 6) is 0. The van der Waals surface area contributed by atoms with Gasteiger partial charge in [-0.1, -0.05) is 12.1 Å². The predicted octanol–water partition coefficient (Wildman–Crippen LogP) is 2.18. The molecule has 2 rings (SSSR count). The van der Waals surface area contributed by atoms with Gasteiger partial charge in [0.25, 0.3) is 0 Å². The van der Waals surface area contributed by atoms with Crippen LogP contribution in [-0.2, 0) is 0 Å². The molecule has 0 aliphatic carbocycles. The highest BCUT2D eigenvalue weighted by atomic mass is 16.3. The van der Waals surface area contributed by atoms with Crippen molar-refractivity contribution in [3.05, 3.63) is 24.3 Å². The first-order valence-corrected chi connectivity index (χ1v) is 7.06. The molecule has 0 atom stereocenters. The van der Waals surface area contributed by atoms with Gasteiger partial charge >= 0.3 is 6.03 Å². The average Bonchev–Trinajstić information content (AvgIpc) is 2.92. The second-order valence-electron chi connectivity index (χ2n) is 5.83. The number of carbonyl (C=O) groups excluding carboxylic acids is 1. The number of rotatable bonds is 4. The Bertz CT molecular complexity index is 468. The molecular weight excluding hydrogens is 254 g/mol. The van der Waals surface area contributed by atoms with Crippen molar-refractivity contribution in [2.24, 2.45) is 0 Å². The standard InChI is InChI=1S/C15H23N3O2/c1-15(2,11-19)17-14(20)16-12-7-3-4-8-13(12)18-9-5-6-10-18/h3-4,7-8,19H,5-6,9-11H2,1-2H3,(H2,16,17,20). The molecule has 0 aromatic heterocycles. The third-order valence-electron chi connectivity index (χ3n) is 3.45. The summed E-state index contributed by atoms with van der Waals surface area (Å²) in [5, 5.41) is 14.8. The average molecular weight is 277 g/mol. The van der Waals surface area contributed by atoms with Gasteiger partial charge in [-0.3, -0.25) is 0 Å². The minimum Gasteiger partial charge on any atom is -0.394 e. The van der Waals surface area contributed by atoms with Gasteiger partial charge in [-0.15, -0.1) is 0 Å². The molecule has 1 fully saturated rings. The Kier molecular flexibility index (Phi) is 4.49. The van der Waals surface area contributed by atoms with E-state index in [4.69, 9.17) is 0 Å². The van der Waals surface area contributed by atoms with Gasteiger partial charge in [0.1, 0.15) is 0 Å². The van der Waals surface area contributed by atoms with Crippen molar-refractivity contribution < 1.29 is 9.90 Å². The second kappa shape index (κ2) is 6.13. The summed E-state index contributed by atoms with van der Waals surface area (Å²) < 4.78 is 0. The van der Waals surface area contributed by atoms with E-state index in [0.717, 1.165) is 24.5 Å². The molecule has 0 spiro atoms. The van der Waals surface area contributed by atoms with Crippen molar-refractivity contribution in [1.29, 1.82) is 0 Å². The number of anilines is 2. The van der Waals surface area contributed by atoms with Crippen LogP contribution in [0.15, 0.2) is 24.3 Å². The molecule has 1 aromatic rings. The SMILES string of the molecule is CC(C)(CO)NC(=O)Nc1ccccc1N1CCCC1. The van der Waals surface area contributed by atoms with Crippen LogP contribution < -0.4 is 15.5 Å². The first-order valence-electron chi connectivity index (χ1n) is 7.06. The fraction of sp³-hybridized carbons (Fsp3) is 0.533. The Labute approximate surface area is 120 Å². The molecule has 1 aliphatic rings. The minimum atomic E-state index is -0.632. The van der Waals surface area contributed by atoms with Gasteiger partial charge in [0.2, 0.25) is 0 Å². The van der Waals surface area contributed by atoms with Crippen molar-refractivity contribution in [2.75, 3.05) is 29.9 Å². The lowest BCUT2D eigenvalue weighted by Gasteiger charge is -2.25. The molecular formula is C15H23N3O2. The third-order valence-corrected chi connectivity index (χ3v) is 3.45. The molecule has 1 saturated heterocycles. The first kappa shape index (κ1) is 14.7. The highest BCUT2D eigenvalue weighted by Gasteiger charge is 2.21. The van der Waals surface area contributed by atoms with E-state index >= 15 is 0 Å². The molecule has 110 valence electrons. The first-order chi connectivity index (χ1) is 9.52. The van der Waals surface area contributed by atoms with E-state index in [2.05, 4.69) is 15.5 Å². The summed E-state index contributed by atoms with van der Waals surface area (Å²) in [6.45, 7) is 5.51. The van der Waals surface area contributed by atoms with E-state index in [1.807, 2.05) is 24.3 Å². The Morgan fingerprint density at radius 1 is 1.30 bits per heavy atom. The number of hydrogen-bond acceptors (Lipinski definition) is 3. The van der Waals surface area contributed by atoms with Crippen LogP contribution in [0.2, 0.25) is 0 Å². The van der Waals surface area contributed by atoms with Crippen molar-refractivity contribution >= 4 is 17.4 Å². The van der Waals surface area contributed by atoms with Crippen molar-refractivity contribution in [3.8, 4) is 0 Å². The monoisotopic (exact) mass is 277 g/mol. The van der Waals surface area contributed by atoms with E-state index in [-0.39, 0.29) is 12.6 Å². The molecule has 5 nitrogen and oxygen atoms in total. The van der Waals surface area contributed by atoms with Gasteiger partial charge in [0, 0.05) is 13.1 Å². The summed E-state index contributed by atoms with van der Waals surface area (Å²) >= 11 is 0. The van der Waals surface area contributed by atoms with Crippen LogP contribution in [0.25, 0.3) is 0 Å². The number of urea groups is 1. The maximum atomic E-state index is 12.0. The third kappa shape index (κ3) is 3.63. The Morgan fingerprint density at radius 3 is 2.60 bits per heavy atom. The van der Waals surface area contributed by atoms with Crippen LogP contribution in [0, 0.1) is 0 Å². The van der Waals surface area contributed by atoms with Crippen LogP contribution in [0.1, 0.15) is 26.7 Å². The number of aliphatic hydroxyl groups excluding tert-OH is 1. The molecule has 2 amide bonds. The number of nitrogens with zero attached hydrogens (tertiary/aromatic N) is 1. The summed E-state index contributed by atoms with van der Waals surface area (Å²) in [7, 11) is 0. The number of para-hydroxylation sites is 2. The molecule has 1 aliphatic heterocycles. The normalized spacial score (nSPS) is 15.2. The van der Waals surface area contributed by atoms with Crippen molar-refractivity contribution in [2.45, 2.75) is 32.2 Å². The quantitative estimate of drug-likeness (QED) is 0.790. The van der Waals surface area contributed by atoms with E-state index in [9.17, 15) is 9.90 Å². The van der Waals surface area contributed by atoms with E-state index in [0.29, 0.717) is 0 Å². The fourth-order valence-electron chi connectivity index (χ4n) is 2.31. The number of benzene rings is 1. The molecule has 1 heterocycles. The molecule has 3 N–H and O–H groups in total. The van der Waals surface area contributed by atoms with Crippen LogP contribution in [0.3, 0.4) is 0 Å². The second-order valence-corrected chi connectivity index (χ2v) is 5.83. The lowest BCUT2D eigenvalue weighted by Crippen LogP contribution is -2.48. The lowest BCUT2D eigenvalue weighted by atomic mass is 10.1. The van der Waals surface area contributed by atoms with Crippen LogP contribution in [0.4, 0.5) is 16.2 Å². The van der Waals surface area contributed by atoms with Crippen molar-refractivity contribution in [3.63, 3.8) is 0 Å². The minimum absolute atomic E-state index is 0.103. The number of hydrogen-bond donors (Lipinski definition) is 3. The Morgan fingerprint density at radius 2 is 1.95 bits per heavy atom. The predicted molar refractivity (Wildman–Crippen MR) is 81.2 cm³/mol. The summed E-state index contributed by atoms with van der Waals surface area (Å²) in [5.41, 5.74) is 1.23. The summed E-state index contributed by atoms with van der Waals surface area (Å²) in [4.78, 5) is 14.3. The molecule has 20 heavy (non-hydrogen) atoms. The number of amides is 2. The van der Waals surface area contributed by atoms with Gasteiger partial charge in [-0.05, 0) is 38.8 Å². The highest BCUT2D eigenvalue weighted by molar-refractivity contribution is 5.93. The topological polar surface area (TPSA) is 64.6 Å². The highest BCUT2D eigenvalue weighted by Crippen LogP contribution is 2.28. The summed E-state index contributed by atoms with van der Waals surface area (Å²) in [6.07, 6.45) is 2.39. The summed E-state index contributed by atoms with van der Waals surface area (Å²) in [6, 6.07) is 7.52. The molecule has 0 saturated carbocycles. The smallest absolute Gasteiger partial charge is 0.319 e. The molecule has 1 aromatic carbocycles. The van der Waals surface area contributed by atoms with E-state index < -0.39 is 5.54 Å². The van der Waals surface area contributed by atoms with Crippen molar-refractivity contribution in [1.82, 2.24) is 5.32 Å². The number of aliphatic hydroxyl groups is 1. The zero-order chi connectivity index (χ0) is 14.6. The van der Waals surface area contributed by atoms with Gasteiger partial charge < -0.3 is 20.6 Å². The molecule has 0 radical (unpaired) electrons. The van der Waals surface area contributed by atoms with Crippen LogP contribution in [0.5, 0.6) is 0 Å². The van der Waals surface area contributed by atoms with Gasteiger partial charge in [0.15, 0.2) is 0 Å².